The van der Waals surface area contributed by atoms with Gasteiger partial charge >= 0.3 is 0 Å². The predicted octanol–water partition coefficient (Wildman–Crippen LogP) is 4.58. The molecule has 2 aromatic carbocycles. The number of nitrogens with one attached hydrogen (secondary N) is 1. The van der Waals surface area contributed by atoms with Crippen molar-refractivity contribution in [3.8, 4) is 11.5 Å². The van der Waals surface area contributed by atoms with Crippen LogP contribution in [-0.4, -0.2) is 17.9 Å². The van der Waals surface area contributed by atoms with E-state index >= 15 is 0 Å². The first-order valence-electron chi connectivity index (χ1n) is 7.95. The first-order valence-corrected chi connectivity index (χ1v) is 9.15. The number of nitrogens with zero attached hydrogens (tertiary/aromatic N) is 1. The fraction of sp³-hybridized carbons (Fsp3) is 0.158. The molecule has 0 bridgehead atoms. The number of amidine groups is 1. The van der Waals surface area contributed by atoms with Gasteiger partial charge in [0.15, 0.2) is 16.7 Å². The average Bonchev–Trinajstić information content (AvgIpc) is 3.18. The molecule has 5 nitrogen and oxygen atoms in total. The van der Waals surface area contributed by atoms with Crippen molar-refractivity contribution in [2.75, 3.05) is 6.79 Å². The number of carbonyl (C=O) groups excluding carboxylic acids is 1. The second-order valence-electron chi connectivity index (χ2n) is 5.98. The Labute approximate surface area is 160 Å². The third-order valence-corrected chi connectivity index (χ3v) is 5.40. The van der Waals surface area contributed by atoms with E-state index < -0.39 is 0 Å². The smallest absolute Gasteiger partial charge is 0.264 e. The molecular weight excluding hydrogens is 372 g/mol. The van der Waals surface area contributed by atoms with Crippen LogP contribution in [0.4, 0.5) is 5.69 Å². The molecule has 0 atom stereocenters. The molecule has 0 spiro atoms. The van der Waals surface area contributed by atoms with Crippen LogP contribution in [0, 0.1) is 13.8 Å². The highest BCUT2D eigenvalue weighted by molar-refractivity contribution is 8.18. The lowest BCUT2D eigenvalue weighted by Gasteiger charge is -2.03. The van der Waals surface area contributed by atoms with E-state index in [4.69, 9.17) is 21.1 Å². The van der Waals surface area contributed by atoms with Gasteiger partial charge < -0.3 is 14.8 Å². The number of aliphatic imine (C=N–C) groups is 1. The standard InChI is InChI=1S/C19H15ClN2O3S/c1-10-3-4-13(8-14(10)20)21-19-22-18(23)17(26-19)7-12-6-16-15(5-11(12)2)24-9-25-16/h3-8H,9H2,1-2H3,(H,21,22,23)/b17-7-. The maximum absolute atomic E-state index is 12.3. The van der Waals surface area contributed by atoms with E-state index in [0.29, 0.717) is 26.5 Å². The van der Waals surface area contributed by atoms with E-state index in [1.165, 1.54) is 11.8 Å². The van der Waals surface area contributed by atoms with Crippen LogP contribution in [0.15, 0.2) is 40.2 Å². The van der Waals surface area contributed by atoms with Gasteiger partial charge in [0.2, 0.25) is 6.79 Å². The molecule has 132 valence electrons. The topological polar surface area (TPSA) is 59.9 Å². The molecule has 1 N–H and O–H groups in total. The average molecular weight is 387 g/mol. The normalized spacial score (nSPS) is 18.7. The Hall–Kier alpha value is -2.44. The molecule has 26 heavy (non-hydrogen) atoms. The SMILES string of the molecule is Cc1ccc(N=C2NC(=O)/C(=C/c3cc4c(cc3C)OCO4)S2)cc1Cl. The Morgan fingerprint density at radius 1 is 1.15 bits per heavy atom. The second-order valence-corrected chi connectivity index (χ2v) is 7.42. The number of ether oxygens (including phenoxy) is 2. The summed E-state index contributed by atoms with van der Waals surface area (Å²) in [7, 11) is 0. The molecule has 7 heteroatoms. The maximum Gasteiger partial charge on any atom is 0.264 e. The second kappa shape index (κ2) is 6.70. The Balaban J connectivity index is 1.61. The number of hydrogen-bond donors (Lipinski definition) is 1. The summed E-state index contributed by atoms with van der Waals surface area (Å²) in [5, 5.41) is 3.96. The maximum atomic E-state index is 12.3. The molecule has 2 heterocycles. The van der Waals surface area contributed by atoms with Gasteiger partial charge in [-0.25, -0.2) is 4.99 Å². The third-order valence-electron chi connectivity index (χ3n) is 4.08. The molecule has 0 aromatic heterocycles. The summed E-state index contributed by atoms with van der Waals surface area (Å²) in [4.78, 5) is 17.3. The van der Waals surface area contributed by atoms with Crippen LogP contribution in [0.25, 0.3) is 6.08 Å². The van der Waals surface area contributed by atoms with Crippen molar-refractivity contribution >= 4 is 46.2 Å². The number of carbonyl (C=O) groups is 1. The minimum Gasteiger partial charge on any atom is -0.454 e. The van der Waals surface area contributed by atoms with Crippen LogP contribution in [-0.2, 0) is 4.79 Å². The van der Waals surface area contributed by atoms with Crippen LogP contribution in [0.3, 0.4) is 0 Å². The summed E-state index contributed by atoms with van der Waals surface area (Å²) >= 11 is 7.43. The van der Waals surface area contributed by atoms with Gasteiger partial charge in [-0.05, 0) is 72.6 Å². The van der Waals surface area contributed by atoms with E-state index in [-0.39, 0.29) is 12.7 Å². The van der Waals surface area contributed by atoms with E-state index in [0.717, 1.165) is 22.4 Å². The lowest BCUT2D eigenvalue weighted by atomic mass is 10.1. The number of thioether (sulfide) groups is 1. The summed E-state index contributed by atoms with van der Waals surface area (Å²) in [6.45, 7) is 4.12. The van der Waals surface area contributed by atoms with Crippen LogP contribution in [0.2, 0.25) is 5.02 Å². The highest BCUT2D eigenvalue weighted by atomic mass is 35.5. The van der Waals surface area contributed by atoms with E-state index in [1.54, 1.807) is 6.07 Å². The Bertz CT molecular complexity index is 985. The van der Waals surface area contributed by atoms with Crippen molar-refractivity contribution < 1.29 is 14.3 Å². The zero-order chi connectivity index (χ0) is 18.3. The monoisotopic (exact) mass is 386 g/mol. The highest BCUT2D eigenvalue weighted by Crippen LogP contribution is 2.37. The van der Waals surface area contributed by atoms with Crippen molar-refractivity contribution in [2.45, 2.75) is 13.8 Å². The van der Waals surface area contributed by atoms with E-state index in [2.05, 4.69) is 10.3 Å². The van der Waals surface area contributed by atoms with Gasteiger partial charge in [-0.1, -0.05) is 17.7 Å². The van der Waals surface area contributed by atoms with Crippen LogP contribution in [0.1, 0.15) is 16.7 Å². The van der Waals surface area contributed by atoms with Crippen molar-refractivity contribution in [1.29, 1.82) is 0 Å². The van der Waals surface area contributed by atoms with Gasteiger partial charge in [-0.15, -0.1) is 0 Å². The first-order chi connectivity index (χ1) is 12.5. The quantitative estimate of drug-likeness (QED) is 0.767. The van der Waals surface area contributed by atoms with Crippen LogP contribution >= 0.6 is 23.4 Å². The highest BCUT2D eigenvalue weighted by Gasteiger charge is 2.25. The molecule has 2 aliphatic rings. The van der Waals surface area contributed by atoms with Gasteiger partial charge in [0, 0.05) is 5.02 Å². The molecule has 2 aliphatic heterocycles. The van der Waals surface area contributed by atoms with Crippen molar-refractivity contribution in [3.63, 3.8) is 0 Å². The third kappa shape index (κ3) is 3.30. The van der Waals surface area contributed by atoms with Crippen LogP contribution < -0.4 is 14.8 Å². The van der Waals surface area contributed by atoms with Gasteiger partial charge in [0.05, 0.1) is 10.6 Å². The number of hydrogen-bond acceptors (Lipinski definition) is 5. The van der Waals surface area contributed by atoms with Gasteiger partial charge in [-0.3, -0.25) is 4.79 Å². The fourth-order valence-corrected chi connectivity index (χ4v) is 3.61. The van der Waals surface area contributed by atoms with E-state index in [9.17, 15) is 4.79 Å². The number of halogens is 1. The zero-order valence-corrected chi connectivity index (χ0v) is 15.7. The minimum absolute atomic E-state index is 0.177. The van der Waals surface area contributed by atoms with Gasteiger partial charge in [-0.2, -0.15) is 0 Å². The summed E-state index contributed by atoms with van der Waals surface area (Å²) < 4.78 is 10.8. The number of amides is 1. The fourth-order valence-electron chi connectivity index (χ4n) is 2.61. The summed E-state index contributed by atoms with van der Waals surface area (Å²) in [5.74, 6) is 1.24. The molecule has 0 unspecified atom stereocenters. The number of aryl methyl sites for hydroxylation is 2. The Morgan fingerprint density at radius 2 is 1.92 bits per heavy atom. The minimum atomic E-state index is -0.177. The summed E-state index contributed by atoms with van der Waals surface area (Å²) in [5.41, 5.74) is 3.60. The molecule has 1 amide bonds. The summed E-state index contributed by atoms with van der Waals surface area (Å²) in [6, 6.07) is 9.34. The molecule has 0 radical (unpaired) electrons. The number of rotatable bonds is 2. The molecule has 0 aliphatic carbocycles. The predicted molar refractivity (Wildman–Crippen MR) is 104 cm³/mol. The zero-order valence-electron chi connectivity index (χ0n) is 14.1. The van der Waals surface area contributed by atoms with Gasteiger partial charge in [0.1, 0.15) is 0 Å². The molecular formula is C19H15ClN2O3S. The first kappa shape index (κ1) is 17.0. The molecule has 2 aromatic rings. The van der Waals surface area contributed by atoms with Crippen molar-refractivity contribution in [2.24, 2.45) is 4.99 Å². The molecule has 1 saturated heterocycles. The molecule has 1 fully saturated rings. The lowest BCUT2D eigenvalue weighted by molar-refractivity contribution is -0.115. The Morgan fingerprint density at radius 3 is 2.69 bits per heavy atom. The van der Waals surface area contributed by atoms with Crippen molar-refractivity contribution in [3.05, 3.63) is 56.9 Å². The largest absolute Gasteiger partial charge is 0.454 e. The molecule has 0 saturated carbocycles. The number of fused-ring (bicyclic) bond motifs is 1. The Kier molecular flexibility index (Phi) is 4.38. The van der Waals surface area contributed by atoms with E-state index in [1.807, 2.05) is 44.2 Å². The number of benzene rings is 2. The van der Waals surface area contributed by atoms with Crippen molar-refractivity contribution in [1.82, 2.24) is 5.32 Å². The lowest BCUT2D eigenvalue weighted by Crippen LogP contribution is -2.19. The van der Waals surface area contributed by atoms with Gasteiger partial charge in [0.25, 0.3) is 5.91 Å². The summed E-state index contributed by atoms with van der Waals surface area (Å²) in [6.07, 6.45) is 1.84. The van der Waals surface area contributed by atoms with Crippen LogP contribution in [0.5, 0.6) is 11.5 Å². The molecule has 4 rings (SSSR count).